The maximum Gasteiger partial charge on any atom is 0.256 e. The number of benzene rings is 2. The molecule has 0 radical (unpaired) electrons. The first-order chi connectivity index (χ1) is 11.6. The molecule has 1 N–H and O–H groups in total. The monoisotopic (exact) mass is 320 g/mol. The molecule has 24 heavy (non-hydrogen) atoms. The molecule has 0 spiro atoms. The van der Waals surface area contributed by atoms with Crippen LogP contribution in [0, 0.1) is 5.92 Å². The molecule has 1 saturated heterocycles. The van der Waals surface area contributed by atoms with Crippen molar-refractivity contribution in [3.05, 3.63) is 54.2 Å². The number of hydrogen-bond donors (Lipinski definition) is 1. The van der Waals surface area contributed by atoms with Crippen LogP contribution in [-0.4, -0.2) is 40.1 Å². The summed E-state index contributed by atoms with van der Waals surface area (Å²) >= 11 is 0. The second-order valence-corrected chi connectivity index (χ2v) is 6.59. The molecule has 2 atom stereocenters. The first kappa shape index (κ1) is 15.1. The van der Waals surface area contributed by atoms with Crippen molar-refractivity contribution in [3.8, 4) is 0 Å². The van der Waals surface area contributed by atoms with Crippen LogP contribution in [-0.2, 0) is 0 Å². The lowest BCUT2D eigenvalue weighted by molar-refractivity contribution is 0.0764. The summed E-state index contributed by atoms with van der Waals surface area (Å²) in [5.74, 6) is 0.168. The van der Waals surface area contributed by atoms with Crippen molar-refractivity contribution in [2.45, 2.75) is 19.4 Å². The topological polar surface area (TPSA) is 53.4 Å². The van der Waals surface area contributed by atoms with Crippen molar-refractivity contribution in [1.29, 1.82) is 0 Å². The number of aromatic nitrogens is 1. The van der Waals surface area contributed by atoms with E-state index in [-0.39, 0.29) is 17.9 Å². The molecule has 122 valence electrons. The predicted molar refractivity (Wildman–Crippen MR) is 94.9 cm³/mol. The summed E-state index contributed by atoms with van der Waals surface area (Å²) in [7, 11) is 0. The normalized spacial score (nSPS) is 19.1. The standard InChI is InChI=1S/C20H20N2O2/c1-13(23)15-8-10-22(12-15)20(24)18-11-14-5-2-3-6-16(14)17-7-4-9-21-19(17)18/h2-7,9,11,13,15,23H,8,10,12H2,1H3. The average molecular weight is 320 g/mol. The molecule has 4 nitrogen and oxygen atoms in total. The van der Waals surface area contributed by atoms with Gasteiger partial charge in [0, 0.05) is 30.6 Å². The Bertz CT molecular complexity index is 920. The molecule has 2 aromatic carbocycles. The van der Waals surface area contributed by atoms with Crippen LogP contribution >= 0.6 is 0 Å². The van der Waals surface area contributed by atoms with Crippen LogP contribution in [0.15, 0.2) is 48.7 Å². The van der Waals surface area contributed by atoms with Gasteiger partial charge in [-0.25, -0.2) is 0 Å². The van der Waals surface area contributed by atoms with Gasteiger partial charge in [-0.15, -0.1) is 0 Å². The second-order valence-electron chi connectivity index (χ2n) is 6.59. The third kappa shape index (κ3) is 2.43. The van der Waals surface area contributed by atoms with Gasteiger partial charge in [0.2, 0.25) is 0 Å². The lowest BCUT2D eigenvalue weighted by atomic mass is 10.00. The Morgan fingerprint density at radius 1 is 1.25 bits per heavy atom. The van der Waals surface area contributed by atoms with Gasteiger partial charge in [-0.3, -0.25) is 9.78 Å². The van der Waals surface area contributed by atoms with Crippen molar-refractivity contribution >= 4 is 27.6 Å². The predicted octanol–water partition coefficient (Wildman–Crippen LogP) is 3.23. The van der Waals surface area contributed by atoms with Crippen LogP contribution in [0.4, 0.5) is 0 Å². The van der Waals surface area contributed by atoms with Gasteiger partial charge in [0.15, 0.2) is 0 Å². The van der Waals surface area contributed by atoms with Gasteiger partial charge in [0.25, 0.3) is 5.91 Å². The Morgan fingerprint density at radius 3 is 2.83 bits per heavy atom. The SMILES string of the molecule is CC(O)C1CCN(C(=O)c2cc3ccccc3c3cccnc23)C1. The molecule has 1 fully saturated rings. The molecule has 0 aliphatic carbocycles. The molecule has 0 bridgehead atoms. The van der Waals surface area contributed by atoms with Crippen molar-refractivity contribution in [3.63, 3.8) is 0 Å². The van der Waals surface area contributed by atoms with Crippen molar-refractivity contribution in [2.75, 3.05) is 13.1 Å². The van der Waals surface area contributed by atoms with Crippen LogP contribution in [0.3, 0.4) is 0 Å². The summed E-state index contributed by atoms with van der Waals surface area (Å²) in [6.07, 6.45) is 2.20. The zero-order valence-corrected chi connectivity index (χ0v) is 13.6. The molecule has 1 aliphatic rings. The quantitative estimate of drug-likeness (QED) is 0.738. The number of nitrogens with zero attached hydrogens (tertiary/aromatic N) is 2. The fraction of sp³-hybridized carbons (Fsp3) is 0.300. The highest BCUT2D eigenvalue weighted by Gasteiger charge is 2.30. The largest absolute Gasteiger partial charge is 0.393 e. The molecule has 1 aromatic heterocycles. The van der Waals surface area contributed by atoms with Gasteiger partial charge in [-0.05, 0) is 36.2 Å². The Balaban J connectivity index is 1.82. The number of aliphatic hydroxyl groups is 1. The van der Waals surface area contributed by atoms with Crippen molar-refractivity contribution < 1.29 is 9.90 Å². The van der Waals surface area contributed by atoms with Crippen LogP contribution in [0.1, 0.15) is 23.7 Å². The Hall–Kier alpha value is -2.46. The maximum absolute atomic E-state index is 13.1. The Morgan fingerprint density at radius 2 is 2.04 bits per heavy atom. The number of rotatable bonds is 2. The molecule has 1 aliphatic heterocycles. The van der Waals surface area contributed by atoms with Gasteiger partial charge in [-0.2, -0.15) is 0 Å². The number of fused-ring (bicyclic) bond motifs is 3. The van der Waals surface area contributed by atoms with Crippen LogP contribution < -0.4 is 0 Å². The van der Waals surface area contributed by atoms with E-state index in [0.29, 0.717) is 18.7 Å². The summed E-state index contributed by atoms with van der Waals surface area (Å²) in [4.78, 5) is 19.4. The molecular weight excluding hydrogens is 300 g/mol. The minimum atomic E-state index is -0.380. The van der Waals surface area contributed by atoms with Gasteiger partial charge in [0.05, 0.1) is 17.2 Å². The zero-order valence-electron chi connectivity index (χ0n) is 13.6. The molecule has 2 heterocycles. The number of carbonyl (C=O) groups is 1. The first-order valence-electron chi connectivity index (χ1n) is 8.39. The Kier molecular flexibility index (Phi) is 3.69. The van der Waals surface area contributed by atoms with E-state index in [4.69, 9.17) is 0 Å². The van der Waals surface area contributed by atoms with Crippen molar-refractivity contribution in [1.82, 2.24) is 9.88 Å². The van der Waals surface area contributed by atoms with Crippen molar-refractivity contribution in [2.24, 2.45) is 5.92 Å². The number of carbonyl (C=O) groups excluding carboxylic acids is 1. The number of aliphatic hydroxyl groups excluding tert-OH is 1. The van der Waals surface area contributed by atoms with Crippen LogP contribution in [0.25, 0.3) is 21.7 Å². The summed E-state index contributed by atoms with van der Waals surface area (Å²) in [5, 5.41) is 13.0. The second kappa shape index (κ2) is 5.87. The number of likely N-dealkylation sites (tertiary alicyclic amines) is 1. The fourth-order valence-corrected chi connectivity index (χ4v) is 3.63. The van der Waals surface area contributed by atoms with Gasteiger partial charge in [-0.1, -0.05) is 30.3 Å². The maximum atomic E-state index is 13.1. The third-order valence-corrected chi connectivity index (χ3v) is 5.04. The average Bonchev–Trinajstić information content (AvgIpc) is 3.11. The van der Waals surface area contributed by atoms with Crippen LogP contribution in [0.2, 0.25) is 0 Å². The number of pyridine rings is 1. The lowest BCUT2D eigenvalue weighted by Crippen LogP contribution is -2.30. The van der Waals surface area contributed by atoms with E-state index < -0.39 is 0 Å². The molecule has 3 aromatic rings. The number of hydrogen-bond acceptors (Lipinski definition) is 3. The van der Waals surface area contributed by atoms with E-state index in [1.165, 1.54) is 0 Å². The smallest absolute Gasteiger partial charge is 0.256 e. The lowest BCUT2D eigenvalue weighted by Gasteiger charge is -2.19. The van der Waals surface area contributed by atoms with Gasteiger partial charge in [0.1, 0.15) is 0 Å². The summed E-state index contributed by atoms with van der Waals surface area (Å²) in [5.41, 5.74) is 1.40. The van der Waals surface area contributed by atoms with E-state index in [2.05, 4.69) is 11.1 Å². The molecule has 0 saturated carbocycles. The van der Waals surface area contributed by atoms with Gasteiger partial charge < -0.3 is 10.0 Å². The highest BCUT2D eigenvalue weighted by Crippen LogP contribution is 2.29. The van der Waals surface area contributed by atoms with E-state index in [0.717, 1.165) is 28.1 Å². The highest BCUT2D eigenvalue weighted by atomic mass is 16.3. The summed E-state index contributed by atoms with van der Waals surface area (Å²) in [6.45, 7) is 3.10. The van der Waals surface area contributed by atoms with E-state index in [1.54, 1.807) is 13.1 Å². The summed E-state index contributed by atoms with van der Waals surface area (Å²) in [6, 6.07) is 13.9. The van der Waals surface area contributed by atoms with E-state index in [1.807, 2.05) is 41.3 Å². The molecule has 4 heteroatoms. The van der Waals surface area contributed by atoms with Crippen LogP contribution in [0.5, 0.6) is 0 Å². The van der Waals surface area contributed by atoms with E-state index in [9.17, 15) is 9.90 Å². The molecule has 4 rings (SSSR count). The zero-order chi connectivity index (χ0) is 16.7. The fourth-order valence-electron chi connectivity index (χ4n) is 3.63. The first-order valence-corrected chi connectivity index (χ1v) is 8.39. The minimum Gasteiger partial charge on any atom is -0.393 e. The molecule has 1 amide bonds. The van der Waals surface area contributed by atoms with Gasteiger partial charge >= 0.3 is 0 Å². The third-order valence-electron chi connectivity index (χ3n) is 5.04. The Labute approximate surface area is 140 Å². The molecular formula is C20H20N2O2. The minimum absolute atomic E-state index is 0.00704. The van der Waals surface area contributed by atoms with E-state index >= 15 is 0 Å². The highest BCUT2D eigenvalue weighted by molar-refractivity contribution is 6.15. The molecule has 2 unspecified atom stereocenters. The summed E-state index contributed by atoms with van der Waals surface area (Å²) < 4.78 is 0. The number of amides is 1.